The van der Waals surface area contributed by atoms with Crippen molar-refractivity contribution in [2.24, 2.45) is 17.4 Å². The number of aliphatic hydroxyl groups excluding tert-OH is 1. The Morgan fingerprint density at radius 3 is 1.89 bits per heavy atom. The van der Waals surface area contributed by atoms with Gasteiger partial charge in [0.15, 0.2) is 0 Å². The summed E-state index contributed by atoms with van der Waals surface area (Å²) >= 11 is 0. The molecule has 0 fully saturated rings. The summed E-state index contributed by atoms with van der Waals surface area (Å²) < 4.78 is 0. The average Bonchev–Trinajstić information content (AvgIpc) is 2.55. The summed E-state index contributed by atoms with van der Waals surface area (Å²) in [6.07, 6.45) is -0.448. The molecule has 0 aliphatic carbocycles. The fourth-order valence-electron chi connectivity index (χ4n) is 1.95. The number of carbonyl (C=O) groups excluding carboxylic acids is 4. The van der Waals surface area contributed by atoms with Gasteiger partial charge in [0.05, 0.1) is 19.1 Å². The van der Waals surface area contributed by atoms with Gasteiger partial charge < -0.3 is 37.6 Å². The molecule has 0 spiro atoms. The largest absolute Gasteiger partial charge is 0.480 e. The molecular formula is C15H27N5O7. The number of primary amides is 1. The van der Waals surface area contributed by atoms with Gasteiger partial charge in [-0.3, -0.25) is 19.2 Å². The second kappa shape index (κ2) is 11.1. The summed E-state index contributed by atoms with van der Waals surface area (Å²) in [5, 5.41) is 25.0. The number of rotatable bonds is 11. The fraction of sp³-hybridized carbons (Fsp3) is 0.667. The van der Waals surface area contributed by atoms with Crippen LogP contribution < -0.4 is 27.4 Å². The van der Waals surface area contributed by atoms with Crippen LogP contribution in [0.5, 0.6) is 0 Å². The molecule has 0 aromatic rings. The lowest BCUT2D eigenvalue weighted by Crippen LogP contribution is -2.58. The fourth-order valence-corrected chi connectivity index (χ4v) is 1.95. The van der Waals surface area contributed by atoms with Gasteiger partial charge in [0.2, 0.25) is 23.6 Å². The molecule has 0 aromatic heterocycles. The number of amides is 4. The Labute approximate surface area is 156 Å². The SMILES string of the molecule is CC(NC(=O)C(CO)NC(=O)C(N)CC(N)=O)C(=O)NC(C(=O)O)C(C)C. The van der Waals surface area contributed by atoms with Crippen LogP contribution in [0.4, 0.5) is 0 Å². The summed E-state index contributed by atoms with van der Waals surface area (Å²) in [5.74, 6) is -4.95. The Kier molecular flexibility index (Phi) is 9.96. The van der Waals surface area contributed by atoms with Crippen molar-refractivity contribution in [1.82, 2.24) is 16.0 Å². The summed E-state index contributed by atoms with van der Waals surface area (Å²) in [6.45, 7) is 3.73. The van der Waals surface area contributed by atoms with Crippen LogP contribution in [0.1, 0.15) is 27.2 Å². The zero-order valence-electron chi connectivity index (χ0n) is 15.4. The second-order valence-electron chi connectivity index (χ2n) is 6.32. The van der Waals surface area contributed by atoms with E-state index in [0.717, 1.165) is 0 Å². The predicted molar refractivity (Wildman–Crippen MR) is 92.8 cm³/mol. The first-order chi connectivity index (χ1) is 12.4. The van der Waals surface area contributed by atoms with Crippen molar-refractivity contribution in [1.29, 1.82) is 0 Å². The van der Waals surface area contributed by atoms with Gasteiger partial charge in [-0.15, -0.1) is 0 Å². The lowest BCUT2D eigenvalue weighted by atomic mass is 10.0. The molecule has 0 heterocycles. The number of nitrogens with one attached hydrogen (secondary N) is 3. The van der Waals surface area contributed by atoms with Gasteiger partial charge >= 0.3 is 5.97 Å². The molecule has 0 aliphatic rings. The summed E-state index contributed by atoms with van der Waals surface area (Å²) in [4.78, 5) is 57.8. The van der Waals surface area contributed by atoms with Crippen molar-refractivity contribution in [3.63, 3.8) is 0 Å². The molecule has 4 atom stereocenters. The van der Waals surface area contributed by atoms with Crippen LogP contribution in [0.3, 0.4) is 0 Å². The van der Waals surface area contributed by atoms with E-state index in [-0.39, 0.29) is 5.92 Å². The van der Waals surface area contributed by atoms with E-state index in [2.05, 4.69) is 16.0 Å². The van der Waals surface area contributed by atoms with E-state index >= 15 is 0 Å². The molecule has 0 bridgehead atoms. The lowest BCUT2D eigenvalue weighted by molar-refractivity contribution is -0.143. The average molecular weight is 389 g/mol. The number of carboxylic acids is 1. The molecular weight excluding hydrogens is 362 g/mol. The molecule has 27 heavy (non-hydrogen) atoms. The van der Waals surface area contributed by atoms with Crippen LogP contribution in [-0.4, -0.2) is 70.6 Å². The predicted octanol–water partition coefficient (Wildman–Crippen LogP) is -3.60. The first-order valence-corrected chi connectivity index (χ1v) is 8.19. The summed E-state index contributed by atoms with van der Waals surface area (Å²) in [7, 11) is 0. The molecule has 0 aliphatic heterocycles. The molecule has 0 saturated heterocycles. The zero-order chi connectivity index (χ0) is 21.3. The van der Waals surface area contributed by atoms with E-state index in [1.165, 1.54) is 6.92 Å². The second-order valence-corrected chi connectivity index (χ2v) is 6.32. The standard InChI is InChI=1S/C15H27N5O7/c1-6(2)11(15(26)27)20-12(23)7(3)18-14(25)9(5-21)19-13(24)8(16)4-10(17)22/h6-9,11,21H,4-5,16H2,1-3H3,(H2,17,22)(H,18,25)(H,19,24)(H,20,23)(H,26,27). The Hall–Kier alpha value is -2.73. The Bertz CT molecular complexity index is 581. The lowest BCUT2D eigenvalue weighted by Gasteiger charge is -2.23. The monoisotopic (exact) mass is 389 g/mol. The Morgan fingerprint density at radius 1 is 0.926 bits per heavy atom. The van der Waals surface area contributed by atoms with Crippen molar-refractivity contribution in [3.8, 4) is 0 Å². The first kappa shape index (κ1) is 24.3. The van der Waals surface area contributed by atoms with Gasteiger partial charge in [-0.25, -0.2) is 4.79 Å². The molecule has 4 unspecified atom stereocenters. The third kappa shape index (κ3) is 8.46. The van der Waals surface area contributed by atoms with Crippen LogP contribution in [0, 0.1) is 5.92 Å². The van der Waals surface area contributed by atoms with E-state index in [1.807, 2.05) is 0 Å². The highest BCUT2D eigenvalue weighted by atomic mass is 16.4. The maximum atomic E-state index is 12.1. The highest BCUT2D eigenvalue weighted by molar-refractivity contribution is 5.94. The highest BCUT2D eigenvalue weighted by Crippen LogP contribution is 2.02. The first-order valence-electron chi connectivity index (χ1n) is 8.19. The van der Waals surface area contributed by atoms with Crippen molar-refractivity contribution in [2.75, 3.05) is 6.61 Å². The van der Waals surface area contributed by atoms with Gasteiger partial charge in [-0.05, 0) is 12.8 Å². The van der Waals surface area contributed by atoms with Gasteiger partial charge in [0.25, 0.3) is 0 Å². The zero-order valence-corrected chi connectivity index (χ0v) is 15.4. The maximum absolute atomic E-state index is 12.1. The number of hydrogen-bond acceptors (Lipinski definition) is 7. The van der Waals surface area contributed by atoms with Gasteiger partial charge in [0.1, 0.15) is 18.1 Å². The highest BCUT2D eigenvalue weighted by Gasteiger charge is 2.29. The van der Waals surface area contributed by atoms with E-state index in [9.17, 15) is 29.1 Å². The molecule has 12 heteroatoms. The smallest absolute Gasteiger partial charge is 0.326 e. The van der Waals surface area contributed by atoms with E-state index in [1.54, 1.807) is 13.8 Å². The normalized spacial score (nSPS) is 15.2. The molecule has 0 rings (SSSR count). The molecule has 4 amide bonds. The number of carboxylic acid groups (broad SMARTS) is 1. The number of aliphatic hydroxyl groups is 1. The maximum Gasteiger partial charge on any atom is 0.326 e. The van der Waals surface area contributed by atoms with Crippen molar-refractivity contribution >= 4 is 29.6 Å². The van der Waals surface area contributed by atoms with Crippen LogP contribution in [0.15, 0.2) is 0 Å². The molecule has 0 saturated carbocycles. The molecule has 9 N–H and O–H groups in total. The van der Waals surface area contributed by atoms with Crippen molar-refractivity contribution in [2.45, 2.75) is 51.4 Å². The van der Waals surface area contributed by atoms with Crippen LogP contribution in [-0.2, 0) is 24.0 Å². The number of carbonyl (C=O) groups is 5. The van der Waals surface area contributed by atoms with Crippen molar-refractivity contribution < 1.29 is 34.2 Å². The quantitative estimate of drug-likeness (QED) is 0.187. The molecule has 0 radical (unpaired) electrons. The molecule has 12 nitrogen and oxygen atoms in total. The van der Waals surface area contributed by atoms with E-state index in [0.29, 0.717) is 0 Å². The molecule has 0 aromatic carbocycles. The minimum absolute atomic E-state index is 0.384. The number of nitrogens with two attached hydrogens (primary N) is 2. The third-order valence-corrected chi connectivity index (χ3v) is 3.56. The Morgan fingerprint density at radius 2 is 1.48 bits per heavy atom. The topological polar surface area (TPSA) is 214 Å². The van der Waals surface area contributed by atoms with Crippen molar-refractivity contribution in [3.05, 3.63) is 0 Å². The van der Waals surface area contributed by atoms with Crippen LogP contribution in [0.2, 0.25) is 0 Å². The third-order valence-electron chi connectivity index (χ3n) is 3.56. The van der Waals surface area contributed by atoms with Gasteiger partial charge in [-0.2, -0.15) is 0 Å². The minimum atomic E-state index is -1.42. The molecule has 154 valence electrons. The van der Waals surface area contributed by atoms with E-state index < -0.39 is 66.8 Å². The van der Waals surface area contributed by atoms with Gasteiger partial charge in [-0.1, -0.05) is 13.8 Å². The Balaban J connectivity index is 4.81. The summed E-state index contributed by atoms with van der Waals surface area (Å²) in [6, 6.07) is -5.00. The van der Waals surface area contributed by atoms with Gasteiger partial charge in [0, 0.05) is 0 Å². The number of aliphatic carboxylic acids is 1. The van der Waals surface area contributed by atoms with E-state index in [4.69, 9.17) is 16.6 Å². The van der Waals surface area contributed by atoms with Crippen LogP contribution >= 0.6 is 0 Å². The minimum Gasteiger partial charge on any atom is -0.480 e. The number of hydrogen-bond donors (Lipinski definition) is 7. The summed E-state index contributed by atoms with van der Waals surface area (Å²) in [5.41, 5.74) is 10.4. The van der Waals surface area contributed by atoms with Crippen LogP contribution in [0.25, 0.3) is 0 Å².